The fourth-order valence-corrected chi connectivity index (χ4v) is 2.45. The van der Waals surface area contributed by atoms with Crippen LogP contribution in [-0.2, 0) is 0 Å². The van der Waals surface area contributed by atoms with Gasteiger partial charge >= 0.3 is 0 Å². The lowest BCUT2D eigenvalue weighted by Gasteiger charge is -2.27. The largest absolute Gasteiger partial charge is 0.329 e. The van der Waals surface area contributed by atoms with E-state index in [4.69, 9.17) is 11.6 Å². The summed E-state index contributed by atoms with van der Waals surface area (Å²) in [5, 5.41) is 1.57. The molecule has 1 saturated carbocycles. The Morgan fingerprint density at radius 3 is 2.59 bits per heavy atom. The normalized spacial score (nSPS) is 15.3. The van der Waals surface area contributed by atoms with Crippen LogP contribution in [0.3, 0.4) is 0 Å². The highest BCUT2D eigenvalue weighted by Crippen LogP contribution is 2.36. The zero-order valence-corrected chi connectivity index (χ0v) is 11.3. The van der Waals surface area contributed by atoms with Crippen molar-refractivity contribution < 1.29 is 0 Å². The van der Waals surface area contributed by atoms with Crippen LogP contribution in [0.25, 0.3) is 11.0 Å². The Labute approximate surface area is 107 Å². The lowest BCUT2D eigenvalue weighted by Crippen LogP contribution is -2.16. The van der Waals surface area contributed by atoms with Gasteiger partial charge < -0.3 is 4.57 Å². The summed E-state index contributed by atoms with van der Waals surface area (Å²) < 4.78 is 2.25. The first kappa shape index (κ1) is 12.4. The smallest absolute Gasteiger partial charge is 0.145 e. The summed E-state index contributed by atoms with van der Waals surface area (Å²) in [5.74, 6) is 0. The highest BCUT2D eigenvalue weighted by molar-refractivity contribution is 6.34. The molecule has 3 rings (SSSR count). The predicted molar refractivity (Wildman–Crippen MR) is 71.5 cm³/mol. The van der Waals surface area contributed by atoms with Gasteiger partial charge in [-0.3, -0.25) is 0 Å². The Morgan fingerprint density at radius 1 is 1.29 bits per heavy atom. The molecule has 0 amide bonds. The Kier molecular flexibility index (Phi) is 3.67. The number of aryl methyl sites for hydroxylation is 1. The van der Waals surface area contributed by atoms with Crippen molar-refractivity contribution in [2.45, 2.75) is 46.1 Å². The van der Waals surface area contributed by atoms with Crippen molar-refractivity contribution in [3.8, 4) is 0 Å². The maximum atomic E-state index is 6.08. The van der Waals surface area contributed by atoms with E-state index in [2.05, 4.69) is 27.7 Å². The van der Waals surface area contributed by atoms with Crippen molar-refractivity contribution >= 4 is 22.6 Å². The van der Waals surface area contributed by atoms with Gasteiger partial charge in [0.15, 0.2) is 0 Å². The first-order valence-corrected chi connectivity index (χ1v) is 6.63. The molecule has 1 fully saturated rings. The molecule has 2 aromatic heterocycles. The molecule has 0 unspecified atom stereocenters. The third-order valence-electron chi connectivity index (χ3n) is 3.22. The van der Waals surface area contributed by atoms with E-state index in [1.807, 2.05) is 13.8 Å². The van der Waals surface area contributed by atoms with Crippen LogP contribution in [0.2, 0.25) is 5.15 Å². The van der Waals surface area contributed by atoms with Gasteiger partial charge in [0.25, 0.3) is 0 Å². The number of rotatable bonds is 1. The van der Waals surface area contributed by atoms with E-state index >= 15 is 0 Å². The summed E-state index contributed by atoms with van der Waals surface area (Å²) in [6, 6.07) is 0.618. The molecule has 1 aliphatic carbocycles. The molecular weight excluding hydrogens is 234 g/mol. The average Bonchev–Trinajstić information content (AvgIpc) is 2.58. The van der Waals surface area contributed by atoms with Crippen LogP contribution in [-0.4, -0.2) is 14.5 Å². The van der Waals surface area contributed by atoms with Crippen LogP contribution in [0.5, 0.6) is 0 Å². The molecule has 1 aliphatic rings. The van der Waals surface area contributed by atoms with Gasteiger partial charge in [-0.2, -0.15) is 0 Å². The lowest BCUT2D eigenvalue weighted by atomic mass is 9.93. The second-order valence-electron chi connectivity index (χ2n) is 4.17. The standard InChI is InChI=1S/C11H12ClN3.C2H6/c1-7-5-15(8-3-2-4-8)11-9(7)10(12)13-6-14-11;1-2/h5-6,8H,2-4H2,1H3;1-2H3. The topological polar surface area (TPSA) is 30.7 Å². The highest BCUT2D eigenvalue weighted by atomic mass is 35.5. The molecule has 0 atom stereocenters. The highest BCUT2D eigenvalue weighted by Gasteiger charge is 2.22. The van der Waals surface area contributed by atoms with Gasteiger partial charge in [0, 0.05) is 12.2 Å². The molecule has 0 aromatic carbocycles. The van der Waals surface area contributed by atoms with E-state index in [1.54, 1.807) is 6.33 Å². The van der Waals surface area contributed by atoms with E-state index in [9.17, 15) is 0 Å². The maximum absolute atomic E-state index is 6.08. The second kappa shape index (κ2) is 5.05. The summed E-state index contributed by atoms with van der Waals surface area (Å²) in [4.78, 5) is 8.36. The molecule has 0 spiro atoms. The average molecular weight is 252 g/mol. The van der Waals surface area contributed by atoms with Gasteiger partial charge in [0.2, 0.25) is 0 Å². The van der Waals surface area contributed by atoms with E-state index in [1.165, 1.54) is 24.8 Å². The second-order valence-corrected chi connectivity index (χ2v) is 4.53. The van der Waals surface area contributed by atoms with E-state index < -0.39 is 0 Å². The summed E-state index contributed by atoms with van der Waals surface area (Å²) in [5.41, 5.74) is 2.15. The van der Waals surface area contributed by atoms with Crippen LogP contribution in [0.4, 0.5) is 0 Å². The van der Waals surface area contributed by atoms with Gasteiger partial charge in [-0.05, 0) is 31.7 Å². The number of aromatic nitrogens is 3. The predicted octanol–water partition coefficient (Wildman–Crippen LogP) is 4.14. The summed E-state index contributed by atoms with van der Waals surface area (Å²) in [6.07, 6.45) is 7.52. The number of halogens is 1. The van der Waals surface area contributed by atoms with Crippen molar-refractivity contribution in [3.05, 3.63) is 23.2 Å². The summed E-state index contributed by atoms with van der Waals surface area (Å²) in [7, 11) is 0. The van der Waals surface area contributed by atoms with E-state index in [-0.39, 0.29) is 0 Å². The number of hydrogen-bond donors (Lipinski definition) is 0. The molecule has 4 heteroatoms. The van der Waals surface area contributed by atoms with Crippen molar-refractivity contribution in [1.29, 1.82) is 0 Å². The van der Waals surface area contributed by atoms with Crippen LogP contribution in [0.1, 0.15) is 44.7 Å². The van der Waals surface area contributed by atoms with Crippen LogP contribution in [0, 0.1) is 6.92 Å². The maximum Gasteiger partial charge on any atom is 0.145 e. The zero-order valence-electron chi connectivity index (χ0n) is 10.6. The van der Waals surface area contributed by atoms with Crippen molar-refractivity contribution in [3.63, 3.8) is 0 Å². The van der Waals surface area contributed by atoms with Crippen LogP contribution >= 0.6 is 11.6 Å². The number of fused-ring (bicyclic) bond motifs is 1. The molecule has 17 heavy (non-hydrogen) atoms. The lowest BCUT2D eigenvalue weighted by molar-refractivity contribution is 0.320. The van der Waals surface area contributed by atoms with Crippen molar-refractivity contribution in [2.24, 2.45) is 0 Å². The molecular formula is C13H18ClN3. The summed E-state index contributed by atoms with van der Waals surface area (Å²) >= 11 is 6.08. The van der Waals surface area contributed by atoms with Gasteiger partial charge in [-0.15, -0.1) is 0 Å². The molecule has 2 heterocycles. The monoisotopic (exact) mass is 251 g/mol. The molecule has 2 aromatic rings. The van der Waals surface area contributed by atoms with Gasteiger partial charge in [-0.25, -0.2) is 9.97 Å². The van der Waals surface area contributed by atoms with Gasteiger partial charge in [-0.1, -0.05) is 25.4 Å². The fraction of sp³-hybridized carbons (Fsp3) is 0.538. The Bertz CT molecular complexity index is 515. The minimum absolute atomic E-state index is 0.565. The third kappa shape index (κ3) is 2.04. The first-order valence-electron chi connectivity index (χ1n) is 6.25. The van der Waals surface area contributed by atoms with Crippen LogP contribution < -0.4 is 0 Å². The Balaban J connectivity index is 0.000000514. The fourth-order valence-electron chi connectivity index (χ4n) is 2.17. The summed E-state index contributed by atoms with van der Waals surface area (Å²) in [6.45, 7) is 6.06. The Hall–Kier alpha value is -1.09. The molecule has 92 valence electrons. The minimum atomic E-state index is 0.565. The minimum Gasteiger partial charge on any atom is -0.329 e. The SMILES string of the molecule is CC.Cc1cn(C2CCC2)c2ncnc(Cl)c12. The first-order chi connectivity index (χ1) is 8.27. The van der Waals surface area contributed by atoms with Crippen molar-refractivity contribution in [1.82, 2.24) is 14.5 Å². The third-order valence-corrected chi connectivity index (χ3v) is 3.51. The Morgan fingerprint density at radius 2 is 2.00 bits per heavy atom. The molecule has 0 N–H and O–H groups in total. The molecule has 0 saturated heterocycles. The molecule has 3 nitrogen and oxygen atoms in total. The van der Waals surface area contributed by atoms with E-state index in [0.717, 1.165) is 11.0 Å². The van der Waals surface area contributed by atoms with Gasteiger partial charge in [0.1, 0.15) is 17.1 Å². The van der Waals surface area contributed by atoms with Crippen molar-refractivity contribution in [2.75, 3.05) is 0 Å². The van der Waals surface area contributed by atoms with Gasteiger partial charge in [0.05, 0.1) is 5.39 Å². The number of nitrogens with zero attached hydrogens (tertiary/aromatic N) is 3. The molecule has 0 aliphatic heterocycles. The quantitative estimate of drug-likeness (QED) is 0.713. The zero-order chi connectivity index (χ0) is 12.4. The number of hydrogen-bond acceptors (Lipinski definition) is 2. The molecule has 0 radical (unpaired) electrons. The van der Waals surface area contributed by atoms with Crippen LogP contribution in [0.15, 0.2) is 12.5 Å². The van der Waals surface area contributed by atoms with E-state index in [0.29, 0.717) is 11.2 Å². The molecule has 0 bridgehead atoms.